The van der Waals surface area contributed by atoms with Crippen LogP contribution in [0.1, 0.15) is 31.9 Å². The van der Waals surface area contributed by atoms with E-state index in [1.165, 1.54) is 0 Å². The van der Waals surface area contributed by atoms with Crippen molar-refractivity contribution >= 4 is 22.9 Å². The predicted molar refractivity (Wildman–Crippen MR) is 116 cm³/mol. The van der Waals surface area contributed by atoms with Gasteiger partial charge in [0.2, 0.25) is 5.91 Å². The summed E-state index contributed by atoms with van der Waals surface area (Å²) < 4.78 is 7.38. The van der Waals surface area contributed by atoms with Gasteiger partial charge >= 0.3 is 6.09 Å². The molecule has 0 saturated heterocycles. The van der Waals surface area contributed by atoms with Crippen LogP contribution in [0.3, 0.4) is 0 Å². The molecule has 0 fully saturated rings. The van der Waals surface area contributed by atoms with Crippen LogP contribution in [-0.4, -0.2) is 33.2 Å². The molecule has 0 bridgehead atoms. The zero-order valence-electron chi connectivity index (χ0n) is 17.8. The number of carbonyl (C=O) groups is 2. The molecule has 30 heavy (non-hydrogen) atoms. The predicted octanol–water partition coefficient (Wildman–Crippen LogP) is 3.33. The Hall–Kier alpha value is -3.35. The van der Waals surface area contributed by atoms with Gasteiger partial charge in [0.25, 0.3) is 0 Å². The number of aryl methyl sites for hydroxylation is 1. The number of ether oxygens (including phenoxy) is 1. The quantitative estimate of drug-likeness (QED) is 0.655. The van der Waals surface area contributed by atoms with E-state index in [4.69, 9.17) is 4.74 Å². The number of hydrogen-bond acceptors (Lipinski definition) is 4. The van der Waals surface area contributed by atoms with Gasteiger partial charge in [-0.3, -0.25) is 9.78 Å². The van der Waals surface area contributed by atoms with E-state index in [9.17, 15) is 9.59 Å². The molecule has 0 unspecified atom stereocenters. The Morgan fingerprint density at radius 3 is 2.63 bits per heavy atom. The van der Waals surface area contributed by atoms with Gasteiger partial charge in [0.15, 0.2) is 0 Å². The van der Waals surface area contributed by atoms with E-state index in [0.717, 1.165) is 22.0 Å². The Bertz CT molecular complexity index is 1020. The van der Waals surface area contributed by atoms with Crippen LogP contribution in [0.2, 0.25) is 0 Å². The molecule has 2 N–H and O–H groups in total. The van der Waals surface area contributed by atoms with Gasteiger partial charge in [-0.05, 0) is 44.0 Å². The van der Waals surface area contributed by atoms with E-state index in [-0.39, 0.29) is 5.91 Å². The highest BCUT2D eigenvalue weighted by Crippen LogP contribution is 2.22. The second kappa shape index (κ2) is 8.98. The third-order valence-corrected chi connectivity index (χ3v) is 4.60. The molecular weight excluding hydrogens is 380 g/mol. The van der Waals surface area contributed by atoms with E-state index in [1.54, 1.807) is 33.2 Å². The molecule has 3 rings (SSSR count). The normalized spacial score (nSPS) is 12.4. The van der Waals surface area contributed by atoms with Crippen LogP contribution in [0.4, 0.5) is 4.79 Å². The van der Waals surface area contributed by atoms with Gasteiger partial charge in [-0.15, -0.1) is 0 Å². The minimum atomic E-state index is -0.776. The number of pyridine rings is 1. The number of benzene rings is 1. The average Bonchev–Trinajstić information content (AvgIpc) is 3.01. The Balaban J connectivity index is 1.79. The molecule has 7 nitrogen and oxygen atoms in total. The summed E-state index contributed by atoms with van der Waals surface area (Å²) in [5, 5.41) is 6.67. The molecule has 2 heterocycles. The van der Waals surface area contributed by atoms with Crippen molar-refractivity contribution < 1.29 is 14.3 Å². The first kappa shape index (κ1) is 21.4. The molecule has 1 atom stereocenters. The Morgan fingerprint density at radius 1 is 1.17 bits per heavy atom. The molecular formula is C23H28N4O3. The summed E-state index contributed by atoms with van der Waals surface area (Å²) in [4.78, 5) is 29.4. The van der Waals surface area contributed by atoms with Crippen molar-refractivity contribution in [1.29, 1.82) is 0 Å². The van der Waals surface area contributed by atoms with Crippen molar-refractivity contribution in [1.82, 2.24) is 20.2 Å². The van der Waals surface area contributed by atoms with Crippen molar-refractivity contribution in [3.8, 4) is 0 Å². The van der Waals surface area contributed by atoms with Gasteiger partial charge in [0, 0.05) is 49.5 Å². The fourth-order valence-electron chi connectivity index (χ4n) is 3.28. The standard InChI is InChI=1S/C23H28N4O3/c1-23(2,3)30-22(29)26-19(21(28)25-14-16-8-7-11-24-13-16)12-17-15-27(4)20-10-6-5-9-18(17)20/h5-11,13,15,19H,12,14H2,1-4H3,(H,25,28)(H,26,29)/t19-/m0/s1. The minimum Gasteiger partial charge on any atom is -0.444 e. The monoisotopic (exact) mass is 408 g/mol. The molecule has 1 aromatic carbocycles. The van der Waals surface area contributed by atoms with Gasteiger partial charge in [0.05, 0.1) is 0 Å². The summed E-state index contributed by atoms with van der Waals surface area (Å²) in [5.74, 6) is -0.280. The van der Waals surface area contributed by atoms with Gasteiger partial charge in [-0.1, -0.05) is 24.3 Å². The number of rotatable bonds is 6. The maximum absolute atomic E-state index is 13.0. The number of alkyl carbamates (subject to hydrolysis) is 1. The number of carbonyl (C=O) groups excluding carboxylic acids is 2. The summed E-state index contributed by atoms with van der Waals surface area (Å²) in [5.41, 5.74) is 2.28. The van der Waals surface area contributed by atoms with Crippen LogP contribution >= 0.6 is 0 Å². The van der Waals surface area contributed by atoms with E-state index < -0.39 is 17.7 Å². The second-order valence-electron chi connectivity index (χ2n) is 8.26. The van der Waals surface area contributed by atoms with Crippen LogP contribution < -0.4 is 10.6 Å². The molecule has 0 aliphatic carbocycles. The average molecular weight is 409 g/mol. The number of fused-ring (bicyclic) bond motifs is 1. The Morgan fingerprint density at radius 2 is 1.93 bits per heavy atom. The van der Waals surface area contributed by atoms with Gasteiger partial charge in [0.1, 0.15) is 11.6 Å². The van der Waals surface area contributed by atoms with Gasteiger partial charge in [-0.2, -0.15) is 0 Å². The van der Waals surface area contributed by atoms with Gasteiger partial charge < -0.3 is 19.9 Å². The van der Waals surface area contributed by atoms with Crippen LogP contribution in [0.25, 0.3) is 10.9 Å². The maximum atomic E-state index is 13.0. The first-order valence-corrected chi connectivity index (χ1v) is 9.92. The number of aromatic nitrogens is 2. The zero-order chi connectivity index (χ0) is 21.7. The summed E-state index contributed by atoms with van der Waals surface area (Å²) in [6.45, 7) is 5.69. The van der Waals surface area contributed by atoms with Crippen molar-refractivity contribution in [3.63, 3.8) is 0 Å². The number of nitrogens with zero attached hydrogens (tertiary/aromatic N) is 2. The lowest BCUT2D eigenvalue weighted by Gasteiger charge is -2.23. The van der Waals surface area contributed by atoms with Crippen molar-refractivity contribution in [2.45, 2.75) is 45.4 Å². The fourth-order valence-corrected chi connectivity index (χ4v) is 3.28. The number of para-hydroxylation sites is 1. The van der Waals surface area contributed by atoms with Crippen LogP contribution in [0.5, 0.6) is 0 Å². The molecule has 158 valence electrons. The number of amides is 2. The summed E-state index contributed by atoms with van der Waals surface area (Å²) in [7, 11) is 1.96. The highest BCUT2D eigenvalue weighted by Gasteiger charge is 2.25. The molecule has 0 aliphatic rings. The highest BCUT2D eigenvalue weighted by molar-refractivity contribution is 5.88. The molecule has 0 aliphatic heterocycles. The lowest BCUT2D eigenvalue weighted by Crippen LogP contribution is -2.49. The first-order valence-electron chi connectivity index (χ1n) is 9.92. The number of nitrogens with one attached hydrogen (secondary N) is 2. The van der Waals surface area contributed by atoms with Crippen molar-refractivity contribution in [3.05, 3.63) is 66.1 Å². The third kappa shape index (κ3) is 5.59. The molecule has 7 heteroatoms. The van der Waals surface area contributed by atoms with E-state index in [1.807, 2.05) is 54.2 Å². The van der Waals surface area contributed by atoms with Crippen molar-refractivity contribution in [2.24, 2.45) is 7.05 Å². The minimum absolute atomic E-state index is 0.280. The summed E-state index contributed by atoms with van der Waals surface area (Å²) in [6, 6.07) is 10.9. The summed E-state index contributed by atoms with van der Waals surface area (Å²) >= 11 is 0. The van der Waals surface area contributed by atoms with Gasteiger partial charge in [-0.25, -0.2) is 4.79 Å². The lowest BCUT2D eigenvalue weighted by molar-refractivity contribution is -0.123. The van der Waals surface area contributed by atoms with Crippen LogP contribution in [0, 0.1) is 0 Å². The topological polar surface area (TPSA) is 85.2 Å². The molecule has 2 amide bonds. The van der Waals surface area contributed by atoms with Crippen LogP contribution in [-0.2, 0) is 29.5 Å². The smallest absolute Gasteiger partial charge is 0.408 e. The number of hydrogen-bond donors (Lipinski definition) is 2. The summed E-state index contributed by atoms with van der Waals surface area (Å²) in [6.07, 6.45) is 5.09. The second-order valence-corrected chi connectivity index (χ2v) is 8.26. The van der Waals surface area contributed by atoms with E-state index >= 15 is 0 Å². The first-order chi connectivity index (χ1) is 14.2. The largest absolute Gasteiger partial charge is 0.444 e. The fraction of sp³-hybridized carbons (Fsp3) is 0.348. The molecule has 3 aromatic rings. The molecule has 0 spiro atoms. The van der Waals surface area contributed by atoms with Crippen LogP contribution in [0.15, 0.2) is 55.0 Å². The van der Waals surface area contributed by atoms with E-state index in [0.29, 0.717) is 13.0 Å². The molecule has 0 saturated carbocycles. The van der Waals surface area contributed by atoms with Crippen molar-refractivity contribution in [2.75, 3.05) is 0 Å². The lowest BCUT2D eigenvalue weighted by atomic mass is 10.0. The van der Waals surface area contributed by atoms with E-state index in [2.05, 4.69) is 15.6 Å². The SMILES string of the molecule is Cn1cc(C[C@H](NC(=O)OC(C)(C)C)C(=O)NCc2cccnc2)c2ccccc21. The highest BCUT2D eigenvalue weighted by atomic mass is 16.6. The maximum Gasteiger partial charge on any atom is 0.408 e. The zero-order valence-corrected chi connectivity index (χ0v) is 17.8. The Kier molecular flexibility index (Phi) is 6.40. The third-order valence-electron chi connectivity index (χ3n) is 4.60. The molecule has 2 aromatic heterocycles. The Labute approximate surface area is 176 Å². The molecule has 0 radical (unpaired) electrons.